The number of rotatable bonds is 4. The molecule has 0 saturated carbocycles. The number of fused-ring (bicyclic) bond motifs is 2. The first-order chi connectivity index (χ1) is 12.1. The maximum atomic E-state index is 12.4. The normalized spacial score (nSPS) is 22.5. The van der Waals surface area contributed by atoms with E-state index in [0.29, 0.717) is 18.8 Å². The lowest BCUT2D eigenvalue weighted by atomic mass is 9.85. The van der Waals surface area contributed by atoms with E-state index in [4.69, 9.17) is 0 Å². The molecule has 0 bridgehead atoms. The molecule has 2 aromatic rings. The molecule has 1 aromatic heterocycles. The summed E-state index contributed by atoms with van der Waals surface area (Å²) in [7, 11) is 0. The molecule has 1 aromatic carbocycles. The summed E-state index contributed by atoms with van der Waals surface area (Å²) in [6.07, 6.45) is 5.17. The fourth-order valence-corrected chi connectivity index (χ4v) is 3.51. The number of aromatic amines is 1. The molecule has 1 saturated heterocycles. The number of H-pyrrole nitrogens is 1. The van der Waals surface area contributed by atoms with Crippen LogP contribution in [0.4, 0.5) is 5.95 Å². The van der Waals surface area contributed by atoms with Crippen molar-refractivity contribution in [3.05, 3.63) is 36.4 Å². The van der Waals surface area contributed by atoms with E-state index in [1.807, 2.05) is 36.4 Å². The standard InChI is InChI=1S/C18H18N4O3/c23-15(21-18-19-13-7-3-4-8-14(13)20-18)9-10-22-16(24)11-5-1-2-6-12(11)17(22)25/h1-4,7-8,11-12H,5-6,9-10H2,(H2,19,20,21,23)/t11-,12-/m0/s1. The quantitative estimate of drug-likeness (QED) is 0.657. The van der Waals surface area contributed by atoms with Gasteiger partial charge in [-0.2, -0.15) is 0 Å². The molecule has 2 heterocycles. The van der Waals surface area contributed by atoms with Gasteiger partial charge in [-0.3, -0.25) is 24.6 Å². The summed E-state index contributed by atoms with van der Waals surface area (Å²) < 4.78 is 0. The summed E-state index contributed by atoms with van der Waals surface area (Å²) in [5, 5.41) is 2.68. The summed E-state index contributed by atoms with van der Waals surface area (Å²) in [5.41, 5.74) is 1.60. The predicted molar refractivity (Wildman–Crippen MR) is 91.4 cm³/mol. The second-order valence-corrected chi connectivity index (χ2v) is 6.38. The van der Waals surface area contributed by atoms with E-state index < -0.39 is 0 Å². The van der Waals surface area contributed by atoms with Crippen LogP contribution in [-0.4, -0.2) is 39.1 Å². The molecule has 25 heavy (non-hydrogen) atoms. The first-order valence-electron chi connectivity index (χ1n) is 8.38. The molecule has 3 amide bonds. The molecule has 1 aliphatic heterocycles. The minimum Gasteiger partial charge on any atom is -0.324 e. The second-order valence-electron chi connectivity index (χ2n) is 6.38. The molecule has 128 valence electrons. The van der Waals surface area contributed by atoms with Crippen LogP contribution in [0.5, 0.6) is 0 Å². The number of likely N-dealkylation sites (tertiary alicyclic amines) is 1. The Morgan fingerprint density at radius 2 is 1.84 bits per heavy atom. The van der Waals surface area contributed by atoms with Gasteiger partial charge in [0, 0.05) is 13.0 Å². The Labute approximate surface area is 144 Å². The molecule has 7 nitrogen and oxygen atoms in total. The number of nitrogens with zero attached hydrogens (tertiary/aromatic N) is 2. The third kappa shape index (κ3) is 2.82. The summed E-state index contributed by atoms with van der Waals surface area (Å²) >= 11 is 0. The van der Waals surface area contributed by atoms with Gasteiger partial charge in [0.25, 0.3) is 0 Å². The number of anilines is 1. The third-order valence-electron chi connectivity index (χ3n) is 4.81. The predicted octanol–water partition coefficient (Wildman–Crippen LogP) is 1.84. The minimum absolute atomic E-state index is 0.0569. The van der Waals surface area contributed by atoms with Gasteiger partial charge in [-0.1, -0.05) is 24.3 Å². The van der Waals surface area contributed by atoms with Crippen molar-refractivity contribution in [2.24, 2.45) is 11.8 Å². The summed E-state index contributed by atoms with van der Waals surface area (Å²) in [6, 6.07) is 7.47. The van der Waals surface area contributed by atoms with Crippen LogP contribution < -0.4 is 5.32 Å². The summed E-state index contributed by atoms with van der Waals surface area (Å²) in [4.78, 5) is 45.4. The molecular weight excluding hydrogens is 320 g/mol. The first-order valence-corrected chi connectivity index (χ1v) is 8.38. The number of aromatic nitrogens is 2. The summed E-state index contributed by atoms with van der Waals surface area (Å²) in [6.45, 7) is 0.108. The van der Waals surface area contributed by atoms with Crippen molar-refractivity contribution in [1.82, 2.24) is 14.9 Å². The SMILES string of the molecule is O=C(CCN1C(=O)[C@H]2CC=CC[C@@H]2C1=O)Nc1nc2ccccc2[nH]1. The molecule has 2 atom stereocenters. The van der Waals surface area contributed by atoms with Gasteiger partial charge in [-0.25, -0.2) is 4.98 Å². The molecule has 2 N–H and O–H groups in total. The number of para-hydroxylation sites is 2. The number of benzene rings is 1. The maximum Gasteiger partial charge on any atom is 0.233 e. The largest absolute Gasteiger partial charge is 0.324 e. The van der Waals surface area contributed by atoms with Crippen molar-refractivity contribution in [1.29, 1.82) is 0 Å². The number of allylic oxidation sites excluding steroid dienone is 2. The molecular formula is C18H18N4O3. The lowest BCUT2D eigenvalue weighted by Crippen LogP contribution is -2.34. The molecule has 0 radical (unpaired) electrons. The van der Waals surface area contributed by atoms with E-state index >= 15 is 0 Å². The van der Waals surface area contributed by atoms with E-state index in [0.717, 1.165) is 11.0 Å². The zero-order valence-corrected chi connectivity index (χ0v) is 13.6. The Morgan fingerprint density at radius 1 is 1.16 bits per heavy atom. The van der Waals surface area contributed by atoms with Crippen molar-refractivity contribution in [3.8, 4) is 0 Å². The van der Waals surface area contributed by atoms with Gasteiger partial charge in [0.15, 0.2) is 0 Å². The van der Waals surface area contributed by atoms with E-state index in [2.05, 4.69) is 15.3 Å². The van der Waals surface area contributed by atoms with Crippen LogP contribution in [0.2, 0.25) is 0 Å². The van der Waals surface area contributed by atoms with Gasteiger partial charge in [0.05, 0.1) is 22.9 Å². The number of imide groups is 1. The fraction of sp³-hybridized carbons (Fsp3) is 0.333. The molecule has 0 unspecified atom stereocenters. The van der Waals surface area contributed by atoms with Gasteiger partial charge >= 0.3 is 0 Å². The molecule has 0 spiro atoms. The Balaban J connectivity index is 1.37. The fourth-order valence-electron chi connectivity index (χ4n) is 3.51. The highest BCUT2D eigenvalue weighted by atomic mass is 16.2. The van der Waals surface area contributed by atoms with Gasteiger partial charge in [-0.15, -0.1) is 0 Å². The van der Waals surface area contributed by atoms with Gasteiger partial charge in [0.2, 0.25) is 23.7 Å². The monoisotopic (exact) mass is 338 g/mol. The van der Waals surface area contributed by atoms with Gasteiger partial charge in [0.1, 0.15) is 0 Å². The van der Waals surface area contributed by atoms with E-state index in [-0.39, 0.29) is 42.5 Å². The second kappa shape index (κ2) is 6.16. The average Bonchev–Trinajstić information content (AvgIpc) is 3.13. The number of carbonyl (C=O) groups is 3. The molecule has 1 aliphatic carbocycles. The van der Waals surface area contributed by atoms with Crippen LogP contribution in [-0.2, 0) is 14.4 Å². The van der Waals surface area contributed by atoms with Crippen molar-refractivity contribution >= 4 is 34.7 Å². The van der Waals surface area contributed by atoms with Gasteiger partial charge in [-0.05, 0) is 25.0 Å². The van der Waals surface area contributed by atoms with Crippen molar-refractivity contribution in [2.45, 2.75) is 19.3 Å². The van der Waals surface area contributed by atoms with E-state index in [1.54, 1.807) is 0 Å². The average molecular weight is 338 g/mol. The van der Waals surface area contributed by atoms with Gasteiger partial charge < -0.3 is 4.98 Å². The number of hydrogen-bond donors (Lipinski definition) is 2. The first kappa shape index (κ1) is 15.6. The highest BCUT2D eigenvalue weighted by molar-refractivity contribution is 6.05. The number of nitrogens with one attached hydrogen (secondary N) is 2. The van der Waals surface area contributed by atoms with Crippen LogP contribution in [0.1, 0.15) is 19.3 Å². The highest BCUT2D eigenvalue weighted by Crippen LogP contribution is 2.35. The van der Waals surface area contributed by atoms with Crippen LogP contribution in [0, 0.1) is 11.8 Å². The Kier molecular flexibility index (Phi) is 3.83. The van der Waals surface area contributed by atoms with Crippen molar-refractivity contribution in [2.75, 3.05) is 11.9 Å². The van der Waals surface area contributed by atoms with Crippen LogP contribution in [0.3, 0.4) is 0 Å². The number of amides is 3. The maximum absolute atomic E-state index is 12.4. The molecule has 2 aliphatic rings. The Morgan fingerprint density at radius 3 is 2.52 bits per heavy atom. The lowest BCUT2D eigenvalue weighted by Gasteiger charge is -2.14. The molecule has 7 heteroatoms. The number of imidazole rings is 1. The molecule has 4 rings (SSSR count). The zero-order chi connectivity index (χ0) is 17.4. The lowest BCUT2D eigenvalue weighted by molar-refractivity contribution is -0.140. The van der Waals surface area contributed by atoms with Crippen molar-refractivity contribution < 1.29 is 14.4 Å². The Bertz CT molecular complexity index is 826. The minimum atomic E-state index is -0.285. The smallest absolute Gasteiger partial charge is 0.233 e. The van der Waals surface area contributed by atoms with E-state index in [9.17, 15) is 14.4 Å². The van der Waals surface area contributed by atoms with E-state index in [1.165, 1.54) is 4.90 Å². The topological polar surface area (TPSA) is 95.2 Å². The molecule has 1 fully saturated rings. The summed E-state index contributed by atoms with van der Waals surface area (Å²) in [5.74, 6) is -0.741. The van der Waals surface area contributed by atoms with Crippen molar-refractivity contribution in [3.63, 3.8) is 0 Å². The number of hydrogen-bond acceptors (Lipinski definition) is 4. The van der Waals surface area contributed by atoms with Crippen LogP contribution in [0.25, 0.3) is 11.0 Å². The zero-order valence-electron chi connectivity index (χ0n) is 13.6. The third-order valence-corrected chi connectivity index (χ3v) is 4.81. The Hall–Kier alpha value is -2.96. The van der Waals surface area contributed by atoms with Crippen LogP contribution >= 0.6 is 0 Å². The highest BCUT2D eigenvalue weighted by Gasteiger charge is 2.46. The van der Waals surface area contributed by atoms with Crippen LogP contribution in [0.15, 0.2) is 36.4 Å². The number of carbonyl (C=O) groups excluding carboxylic acids is 3.